The van der Waals surface area contributed by atoms with Gasteiger partial charge in [0, 0.05) is 38.3 Å². The number of piperazine rings is 1. The lowest BCUT2D eigenvalue weighted by atomic mass is 10.0. The van der Waals surface area contributed by atoms with Crippen LogP contribution in [0.2, 0.25) is 0 Å². The molecular weight excluding hydrogens is 441 g/mol. The van der Waals surface area contributed by atoms with Crippen LogP contribution in [0.25, 0.3) is 4.96 Å². The van der Waals surface area contributed by atoms with E-state index in [9.17, 15) is 9.50 Å². The van der Waals surface area contributed by atoms with Gasteiger partial charge in [0.15, 0.2) is 5.82 Å². The monoisotopic (exact) mass is 467 g/mol. The molecule has 1 saturated heterocycles. The van der Waals surface area contributed by atoms with Crippen molar-refractivity contribution >= 4 is 22.0 Å². The first-order valence-corrected chi connectivity index (χ1v) is 11.8. The van der Waals surface area contributed by atoms with Crippen LogP contribution in [0.5, 0.6) is 11.6 Å². The van der Waals surface area contributed by atoms with Gasteiger partial charge in [0.05, 0.1) is 18.0 Å². The summed E-state index contributed by atoms with van der Waals surface area (Å²) in [5.41, 5.74) is 1.95. The first-order chi connectivity index (χ1) is 16.1. The molecule has 0 bridgehead atoms. The molecule has 2 aromatic carbocycles. The minimum Gasteiger partial charge on any atom is -0.497 e. The van der Waals surface area contributed by atoms with Gasteiger partial charge in [0.2, 0.25) is 10.8 Å². The maximum atomic E-state index is 14.2. The molecule has 7 nitrogen and oxygen atoms in total. The average molecular weight is 468 g/mol. The first-order valence-electron chi connectivity index (χ1n) is 11.0. The molecule has 0 amide bonds. The van der Waals surface area contributed by atoms with Gasteiger partial charge in [-0.15, -0.1) is 5.10 Å². The van der Waals surface area contributed by atoms with Crippen molar-refractivity contribution < 1.29 is 14.2 Å². The number of nitrogens with zero attached hydrogens (tertiary/aromatic N) is 5. The van der Waals surface area contributed by atoms with Crippen LogP contribution in [0.4, 0.5) is 10.1 Å². The minimum atomic E-state index is -0.290. The van der Waals surface area contributed by atoms with Gasteiger partial charge in [-0.25, -0.2) is 9.37 Å². The molecule has 0 spiro atoms. The van der Waals surface area contributed by atoms with Crippen molar-refractivity contribution in [2.24, 2.45) is 0 Å². The highest BCUT2D eigenvalue weighted by Crippen LogP contribution is 2.40. The highest BCUT2D eigenvalue weighted by Gasteiger charge is 2.32. The number of rotatable bonds is 6. The van der Waals surface area contributed by atoms with Crippen molar-refractivity contribution in [3.05, 3.63) is 70.6 Å². The number of benzene rings is 2. The number of halogens is 1. The Bertz CT molecular complexity index is 1250. The molecule has 4 aromatic rings. The molecule has 1 aliphatic heterocycles. The Morgan fingerprint density at radius 1 is 1.12 bits per heavy atom. The Balaban J connectivity index is 1.44. The highest BCUT2D eigenvalue weighted by molar-refractivity contribution is 7.17. The van der Waals surface area contributed by atoms with Gasteiger partial charge >= 0.3 is 0 Å². The number of aromatic hydroxyl groups is 1. The molecule has 1 N–H and O–H groups in total. The molecule has 172 valence electrons. The maximum Gasteiger partial charge on any atom is 0.230 e. The number of aryl methyl sites for hydroxylation is 1. The molecule has 9 heteroatoms. The van der Waals surface area contributed by atoms with Gasteiger partial charge < -0.3 is 14.7 Å². The van der Waals surface area contributed by atoms with Gasteiger partial charge in [-0.1, -0.05) is 30.4 Å². The zero-order valence-corrected chi connectivity index (χ0v) is 19.4. The third-order valence-corrected chi connectivity index (χ3v) is 7.16. The number of ether oxygens (including phenoxy) is 1. The van der Waals surface area contributed by atoms with Crippen molar-refractivity contribution in [3.63, 3.8) is 0 Å². The Hall–Kier alpha value is -3.17. The molecule has 5 rings (SSSR count). The predicted octanol–water partition coefficient (Wildman–Crippen LogP) is 4.12. The Kier molecular flexibility index (Phi) is 5.90. The van der Waals surface area contributed by atoms with E-state index in [1.54, 1.807) is 19.2 Å². The van der Waals surface area contributed by atoms with E-state index in [2.05, 4.69) is 32.0 Å². The summed E-state index contributed by atoms with van der Waals surface area (Å²) < 4.78 is 20.9. The second kappa shape index (κ2) is 8.99. The molecule has 33 heavy (non-hydrogen) atoms. The summed E-state index contributed by atoms with van der Waals surface area (Å²) in [7, 11) is 1.66. The largest absolute Gasteiger partial charge is 0.497 e. The van der Waals surface area contributed by atoms with Crippen molar-refractivity contribution in [1.29, 1.82) is 0 Å². The molecule has 2 aromatic heterocycles. The molecule has 1 fully saturated rings. The smallest absolute Gasteiger partial charge is 0.230 e. The number of methoxy groups -OCH3 is 1. The number of hydrogen-bond acceptors (Lipinski definition) is 7. The van der Waals surface area contributed by atoms with Crippen molar-refractivity contribution in [3.8, 4) is 11.6 Å². The molecule has 0 radical (unpaired) electrons. The molecule has 0 aliphatic carbocycles. The second-order valence-electron chi connectivity index (χ2n) is 8.04. The van der Waals surface area contributed by atoms with Gasteiger partial charge in [-0.05, 0) is 42.0 Å². The van der Waals surface area contributed by atoms with Crippen molar-refractivity contribution in [1.82, 2.24) is 19.5 Å². The van der Waals surface area contributed by atoms with Crippen LogP contribution in [0.1, 0.15) is 29.2 Å². The number of thiazole rings is 1. The topological polar surface area (TPSA) is 66.1 Å². The quantitative estimate of drug-likeness (QED) is 0.460. The third kappa shape index (κ3) is 4.14. The fourth-order valence-corrected chi connectivity index (χ4v) is 5.49. The van der Waals surface area contributed by atoms with E-state index < -0.39 is 0 Å². The normalized spacial score (nSPS) is 15.8. The summed E-state index contributed by atoms with van der Waals surface area (Å²) in [5, 5.41) is 15.4. The van der Waals surface area contributed by atoms with Crippen LogP contribution in [0, 0.1) is 5.82 Å². The highest BCUT2D eigenvalue weighted by atomic mass is 32.1. The zero-order valence-electron chi connectivity index (χ0n) is 18.6. The van der Waals surface area contributed by atoms with Gasteiger partial charge in [0.1, 0.15) is 11.6 Å². The van der Waals surface area contributed by atoms with E-state index in [-0.39, 0.29) is 17.7 Å². The number of fused-ring (bicyclic) bond motifs is 1. The van der Waals surface area contributed by atoms with Crippen LogP contribution < -0.4 is 9.64 Å². The number of aromatic nitrogens is 3. The summed E-state index contributed by atoms with van der Waals surface area (Å²) in [6.45, 7) is 5.15. The molecule has 0 unspecified atom stereocenters. The number of anilines is 1. The van der Waals surface area contributed by atoms with Crippen LogP contribution in [-0.4, -0.2) is 57.9 Å². The van der Waals surface area contributed by atoms with E-state index in [4.69, 9.17) is 4.74 Å². The van der Waals surface area contributed by atoms with E-state index in [0.29, 0.717) is 17.2 Å². The van der Waals surface area contributed by atoms with Crippen molar-refractivity contribution in [2.45, 2.75) is 19.4 Å². The lowest BCUT2D eigenvalue weighted by Crippen LogP contribution is -2.47. The predicted molar refractivity (Wildman–Crippen MR) is 127 cm³/mol. The molecule has 0 saturated carbocycles. The van der Waals surface area contributed by atoms with Crippen LogP contribution in [0.3, 0.4) is 0 Å². The molecular formula is C24H26FN5O2S. The fraction of sp³-hybridized carbons (Fsp3) is 0.333. The summed E-state index contributed by atoms with van der Waals surface area (Å²) in [5.74, 6) is 1.32. The van der Waals surface area contributed by atoms with Gasteiger partial charge in [0.25, 0.3) is 0 Å². The first kappa shape index (κ1) is 21.7. The van der Waals surface area contributed by atoms with Crippen LogP contribution >= 0.6 is 11.3 Å². The zero-order chi connectivity index (χ0) is 22.9. The Labute approximate surface area is 195 Å². The summed E-state index contributed by atoms with van der Waals surface area (Å²) in [4.78, 5) is 10.5. The Morgan fingerprint density at radius 3 is 2.52 bits per heavy atom. The number of hydrogen-bond donors (Lipinski definition) is 1. The Morgan fingerprint density at radius 2 is 1.88 bits per heavy atom. The van der Waals surface area contributed by atoms with E-state index in [1.165, 1.54) is 21.9 Å². The minimum absolute atomic E-state index is 0.0778. The molecule has 1 atom stereocenters. The van der Waals surface area contributed by atoms with E-state index in [0.717, 1.165) is 48.1 Å². The summed E-state index contributed by atoms with van der Waals surface area (Å²) in [6, 6.07) is 14.4. The fourth-order valence-electron chi connectivity index (χ4n) is 4.35. The average Bonchev–Trinajstić information content (AvgIpc) is 3.39. The van der Waals surface area contributed by atoms with Gasteiger partial charge in [-0.3, -0.25) is 4.90 Å². The van der Waals surface area contributed by atoms with Gasteiger partial charge in [-0.2, -0.15) is 4.52 Å². The summed E-state index contributed by atoms with van der Waals surface area (Å²) >= 11 is 1.41. The summed E-state index contributed by atoms with van der Waals surface area (Å²) in [6.07, 6.45) is 0.698. The third-order valence-electron chi connectivity index (χ3n) is 6.09. The SMILES string of the molecule is CCc1nc2sc([C@H](c3cccc(F)c3)N3CCN(c4ccc(OC)cc4)CC3)c(O)n2n1. The van der Waals surface area contributed by atoms with Crippen LogP contribution in [0.15, 0.2) is 48.5 Å². The standard InChI is InChI=1S/C24H26FN5O2S/c1-3-20-26-24-30(27-20)23(31)22(33-24)21(16-5-4-6-17(25)15-16)29-13-11-28(12-14-29)18-7-9-19(32-2)10-8-18/h4-10,15,21,31H,3,11-14H2,1-2H3/t21-/m0/s1. The second-order valence-corrected chi connectivity index (χ2v) is 9.05. The van der Waals surface area contributed by atoms with E-state index in [1.807, 2.05) is 25.1 Å². The van der Waals surface area contributed by atoms with Crippen molar-refractivity contribution in [2.75, 3.05) is 38.2 Å². The lowest BCUT2D eigenvalue weighted by Gasteiger charge is -2.40. The lowest BCUT2D eigenvalue weighted by molar-refractivity contribution is 0.211. The van der Waals surface area contributed by atoms with Crippen LogP contribution in [-0.2, 0) is 6.42 Å². The van der Waals surface area contributed by atoms with E-state index >= 15 is 0 Å². The maximum absolute atomic E-state index is 14.2. The molecule has 3 heterocycles. The molecule has 1 aliphatic rings.